The molecule has 2 rings (SSSR count). The quantitative estimate of drug-likeness (QED) is 0.254. The fraction of sp³-hybridized carbons (Fsp3) is 0.526. The van der Waals surface area contributed by atoms with Gasteiger partial charge in [-0.1, -0.05) is 0 Å². The van der Waals surface area contributed by atoms with Gasteiger partial charge in [0.1, 0.15) is 0 Å². The summed E-state index contributed by atoms with van der Waals surface area (Å²) >= 11 is 3.03. The number of ether oxygens (including phenoxy) is 1. The van der Waals surface area contributed by atoms with E-state index in [1.54, 1.807) is 18.3 Å². The summed E-state index contributed by atoms with van der Waals surface area (Å²) in [5.74, 6) is 0.111. The summed E-state index contributed by atoms with van der Waals surface area (Å²) in [6, 6.07) is 5.79. The summed E-state index contributed by atoms with van der Waals surface area (Å²) in [4.78, 5) is 32.1. The van der Waals surface area contributed by atoms with Gasteiger partial charge in [0.25, 0.3) is 0 Å². The maximum absolute atomic E-state index is 12.3. The number of hydrogen-bond donors (Lipinski definition) is 3. The van der Waals surface area contributed by atoms with Gasteiger partial charge in [0.05, 0.1) is 17.6 Å². The molecule has 0 aromatic carbocycles. The molecule has 2 aromatic heterocycles. The van der Waals surface area contributed by atoms with E-state index in [2.05, 4.69) is 0 Å². The van der Waals surface area contributed by atoms with Crippen LogP contribution in [0.1, 0.15) is 52.7 Å². The van der Waals surface area contributed by atoms with Crippen LogP contribution < -0.4 is 10.5 Å². The Kier molecular flexibility index (Phi) is 8.43. The number of carbonyl (C=O) groups is 1. The minimum Gasteiger partial charge on any atom is -0.484 e. The summed E-state index contributed by atoms with van der Waals surface area (Å²) in [5.41, 5.74) is 6.62. The Bertz CT molecular complexity index is 824. The second kappa shape index (κ2) is 10.1. The van der Waals surface area contributed by atoms with Crippen molar-refractivity contribution in [2.45, 2.75) is 51.5 Å². The van der Waals surface area contributed by atoms with Gasteiger partial charge in [0.2, 0.25) is 0 Å². The highest BCUT2D eigenvalue weighted by Crippen LogP contribution is 2.37. The van der Waals surface area contributed by atoms with Crippen molar-refractivity contribution in [3.05, 3.63) is 38.9 Å². The lowest BCUT2D eigenvalue weighted by Crippen LogP contribution is -2.37. The van der Waals surface area contributed by atoms with Crippen molar-refractivity contribution in [3.63, 3.8) is 0 Å². The number of thiophene rings is 2. The van der Waals surface area contributed by atoms with E-state index in [1.165, 1.54) is 11.3 Å². The van der Waals surface area contributed by atoms with Gasteiger partial charge in [-0.2, -0.15) is 0 Å². The van der Waals surface area contributed by atoms with E-state index in [1.807, 2.05) is 30.5 Å². The van der Waals surface area contributed by atoms with E-state index in [0.29, 0.717) is 32.3 Å². The number of rotatable bonds is 12. The van der Waals surface area contributed by atoms with Gasteiger partial charge in [0, 0.05) is 22.4 Å². The molecule has 0 aliphatic carbocycles. The lowest BCUT2D eigenvalue weighted by Gasteiger charge is -2.24. The molecular weight excluding hydrogens is 417 g/mol. The molecule has 0 saturated carbocycles. The van der Waals surface area contributed by atoms with Crippen LogP contribution >= 0.6 is 30.3 Å². The lowest BCUT2D eigenvalue weighted by molar-refractivity contribution is 0.0977. The van der Waals surface area contributed by atoms with Gasteiger partial charge < -0.3 is 20.3 Å². The molecule has 1 unspecified atom stereocenters. The van der Waals surface area contributed by atoms with Gasteiger partial charge in [-0.3, -0.25) is 9.36 Å². The Labute approximate surface area is 173 Å². The van der Waals surface area contributed by atoms with Crippen LogP contribution in [0.2, 0.25) is 0 Å². The Morgan fingerprint density at radius 2 is 2.04 bits per heavy atom. The molecule has 0 radical (unpaired) electrons. The van der Waals surface area contributed by atoms with E-state index in [4.69, 9.17) is 20.3 Å². The molecule has 0 fully saturated rings. The maximum Gasteiger partial charge on any atom is 0.325 e. The molecule has 6 nitrogen and oxygen atoms in total. The van der Waals surface area contributed by atoms with Crippen LogP contribution in [0.3, 0.4) is 0 Å². The maximum atomic E-state index is 12.3. The van der Waals surface area contributed by atoms with E-state index in [-0.39, 0.29) is 18.4 Å². The smallest absolute Gasteiger partial charge is 0.325 e. The first-order chi connectivity index (χ1) is 13.1. The van der Waals surface area contributed by atoms with Crippen molar-refractivity contribution < 1.29 is 23.9 Å². The van der Waals surface area contributed by atoms with Crippen molar-refractivity contribution in [2.75, 3.05) is 12.8 Å². The molecule has 2 heterocycles. The summed E-state index contributed by atoms with van der Waals surface area (Å²) in [5, 5.41) is 2.90. The fourth-order valence-electron chi connectivity index (χ4n) is 2.62. The molecule has 28 heavy (non-hydrogen) atoms. The predicted octanol–water partition coefficient (Wildman–Crippen LogP) is 4.38. The van der Waals surface area contributed by atoms with E-state index in [9.17, 15) is 9.36 Å². The van der Waals surface area contributed by atoms with Crippen molar-refractivity contribution >= 4 is 36.1 Å². The van der Waals surface area contributed by atoms with Crippen LogP contribution in [0.5, 0.6) is 5.06 Å². The largest absolute Gasteiger partial charge is 0.484 e. The van der Waals surface area contributed by atoms with E-state index >= 15 is 0 Å². The van der Waals surface area contributed by atoms with E-state index < -0.39 is 13.1 Å². The van der Waals surface area contributed by atoms with Gasteiger partial charge >= 0.3 is 7.60 Å². The number of aryl methyl sites for hydroxylation is 2. The SMILES string of the molecule is Cc1ccsc1OCCCC(=O)c1ccc(CCC(C)(N)CCP(=O)(O)O)s1. The average molecular weight is 446 g/mol. The summed E-state index contributed by atoms with van der Waals surface area (Å²) in [6.45, 7) is 4.33. The van der Waals surface area contributed by atoms with Crippen LogP contribution in [0, 0.1) is 6.92 Å². The average Bonchev–Trinajstić information content (AvgIpc) is 3.24. The zero-order valence-corrected chi connectivity index (χ0v) is 18.7. The summed E-state index contributed by atoms with van der Waals surface area (Å²) in [7, 11) is -4.03. The van der Waals surface area contributed by atoms with Crippen LogP contribution in [-0.2, 0) is 11.0 Å². The number of nitrogens with two attached hydrogens (primary N) is 1. The van der Waals surface area contributed by atoms with Crippen molar-refractivity contribution in [3.8, 4) is 5.06 Å². The highest BCUT2D eigenvalue weighted by Gasteiger charge is 2.24. The predicted molar refractivity (Wildman–Crippen MR) is 115 cm³/mol. The van der Waals surface area contributed by atoms with Crippen LogP contribution in [0.4, 0.5) is 0 Å². The zero-order valence-electron chi connectivity index (χ0n) is 16.2. The highest BCUT2D eigenvalue weighted by atomic mass is 32.1. The highest BCUT2D eigenvalue weighted by molar-refractivity contribution is 7.51. The van der Waals surface area contributed by atoms with Crippen LogP contribution in [-0.4, -0.2) is 33.9 Å². The number of hydrogen-bond acceptors (Lipinski definition) is 6. The Morgan fingerprint density at radius 3 is 2.68 bits per heavy atom. The zero-order chi connectivity index (χ0) is 20.8. The third-order valence-corrected chi connectivity index (χ3v) is 7.37. The molecule has 156 valence electrons. The minimum atomic E-state index is -4.03. The number of carbonyl (C=O) groups excluding carboxylic acids is 1. The van der Waals surface area contributed by atoms with Gasteiger partial charge in [-0.05, 0) is 63.1 Å². The topological polar surface area (TPSA) is 110 Å². The Balaban J connectivity index is 1.74. The molecule has 0 aliphatic rings. The third kappa shape index (κ3) is 8.15. The van der Waals surface area contributed by atoms with Gasteiger partial charge in [-0.15, -0.1) is 22.7 Å². The molecule has 0 spiro atoms. The first-order valence-corrected chi connectivity index (χ1v) is 12.7. The monoisotopic (exact) mass is 445 g/mol. The fourth-order valence-corrected chi connectivity index (χ4v) is 5.20. The Morgan fingerprint density at radius 1 is 1.29 bits per heavy atom. The van der Waals surface area contributed by atoms with Crippen molar-refractivity contribution in [2.24, 2.45) is 5.73 Å². The second-order valence-corrected chi connectivity index (χ2v) is 11.1. The molecule has 0 saturated heterocycles. The third-order valence-electron chi connectivity index (χ3n) is 4.45. The molecule has 0 amide bonds. The van der Waals surface area contributed by atoms with Crippen molar-refractivity contribution in [1.29, 1.82) is 0 Å². The summed E-state index contributed by atoms with van der Waals surface area (Å²) in [6.07, 6.45) is 2.47. The molecular formula is C19H28NO5PS2. The standard InChI is InChI=1S/C19H28NO5PS2/c1-14-8-13-27-18(14)25-11-3-4-16(21)17-6-5-15(28-17)7-9-19(2,20)10-12-26(22,23)24/h5-6,8,13H,3-4,7,9-12,20H2,1-2H3,(H2,22,23,24). The molecule has 4 N–H and O–H groups in total. The normalized spacial score (nSPS) is 14.0. The molecule has 0 bridgehead atoms. The van der Waals surface area contributed by atoms with Crippen LogP contribution in [0.15, 0.2) is 23.6 Å². The lowest BCUT2D eigenvalue weighted by atomic mass is 9.94. The van der Waals surface area contributed by atoms with Crippen LogP contribution in [0.25, 0.3) is 0 Å². The van der Waals surface area contributed by atoms with E-state index in [0.717, 1.165) is 20.4 Å². The second-order valence-electron chi connectivity index (χ2n) is 7.32. The minimum absolute atomic E-state index is 0.111. The Hall–Kier alpha value is -1.02. The first-order valence-electron chi connectivity index (χ1n) is 9.18. The molecule has 1 atom stereocenters. The molecule has 2 aromatic rings. The number of Topliss-reactive ketones (excluding diaryl/α,β-unsaturated/α-hetero) is 1. The molecule has 9 heteroatoms. The van der Waals surface area contributed by atoms with Gasteiger partial charge in [0.15, 0.2) is 10.8 Å². The first kappa shape index (κ1) is 23.3. The number of ketones is 1. The van der Waals surface area contributed by atoms with Crippen molar-refractivity contribution in [1.82, 2.24) is 0 Å². The summed E-state index contributed by atoms with van der Waals surface area (Å²) < 4.78 is 16.7. The van der Waals surface area contributed by atoms with Gasteiger partial charge in [-0.25, -0.2) is 0 Å². The molecule has 0 aliphatic heterocycles.